The molecule has 5 aromatic rings. The van der Waals surface area contributed by atoms with Crippen molar-refractivity contribution in [1.29, 1.82) is 0 Å². The fourth-order valence-corrected chi connectivity index (χ4v) is 4.97. The second-order valence-electron chi connectivity index (χ2n) is 10.8. The van der Waals surface area contributed by atoms with Gasteiger partial charge in [-0.3, -0.25) is 0 Å². The van der Waals surface area contributed by atoms with Gasteiger partial charge in [-0.05, 0) is 11.1 Å². The third-order valence-corrected chi connectivity index (χ3v) is 6.42. The second kappa shape index (κ2) is 11.2. The highest BCUT2D eigenvalue weighted by molar-refractivity contribution is 7.19. The van der Waals surface area contributed by atoms with E-state index in [1.165, 1.54) is 33.0 Å². The largest absolute Gasteiger partial charge is 0.333 e. The van der Waals surface area contributed by atoms with E-state index in [2.05, 4.69) is 174 Å². The van der Waals surface area contributed by atoms with Crippen molar-refractivity contribution in [3.8, 4) is 11.1 Å². The van der Waals surface area contributed by atoms with Gasteiger partial charge in [-0.25, -0.2) is 0 Å². The normalized spacial score (nSPS) is 11.3. The second-order valence-corrected chi connectivity index (χ2v) is 10.8. The lowest BCUT2D eigenvalue weighted by Gasteiger charge is -2.44. The summed E-state index contributed by atoms with van der Waals surface area (Å²) >= 11 is 0. The molecule has 5 rings (SSSR count). The quantitative estimate of drug-likeness (QED) is 0.250. The first kappa shape index (κ1) is 25.2. The van der Waals surface area contributed by atoms with Crippen LogP contribution < -0.4 is 21.9 Å². The number of nitrogens with zero attached hydrogens (tertiary/aromatic N) is 1. The molecule has 180 valence electrons. The molecule has 0 radical (unpaired) electrons. The molecule has 0 saturated heterocycles. The first-order valence-electron chi connectivity index (χ1n) is 12.7. The van der Waals surface area contributed by atoms with Crippen LogP contribution in [0.2, 0.25) is 0 Å². The van der Waals surface area contributed by atoms with Gasteiger partial charge in [-0.15, -0.1) is 0 Å². The smallest absolute Gasteiger partial charge is 0.108 e. The Bertz CT molecular complexity index is 1220. The monoisotopic (exact) mass is 469 g/mol. The van der Waals surface area contributed by atoms with Crippen molar-refractivity contribution in [2.45, 2.75) is 0 Å². The van der Waals surface area contributed by atoms with Crippen LogP contribution in [0, 0.1) is 0 Å². The van der Waals surface area contributed by atoms with E-state index in [1.54, 1.807) is 0 Å². The number of quaternary nitrogens is 1. The van der Waals surface area contributed by atoms with Crippen molar-refractivity contribution in [3.63, 3.8) is 0 Å². The summed E-state index contributed by atoms with van der Waals surface area (Å²) in [6.45, 7) is 0. The predicted molar refractivity (Wildman–Crippen MR) is 159 cm³/mol. The first-order valence-corrected chi connectivity index (χ1v) is 12.7. The van der Waals surface area contributed by atoms with Gasteiger partial charge in [0.05, 0.1) is 28.2 Å². The van der Waals surface area contributed by atoms with Crippen molar-refractivity contribution < 1.29 is 4.48 Å². The Balaban J connectivity index is 0.000000556. The average molecular weight is 469 g/mol. The Hall–Kier alpha value is -3.88. The molecular weight excluding hydrogens is 433 g/mol. The molecule has 0 aliphatic heterocycles. The molecule has 0 aliphatic rings. The maximum absolute atomic E-state index is 2.31. The van der Waals surface area contributed by atoms with Gasteiger partial charge < -0.3 is 4.48 Å². The zero-order valence-electron chi connectivity index (χ0n) is 21.9. The number of hydrogen-bond acceptors (Lipinski definition) is 0. The Morgan fingerprint density at radius 2 is 0.583 bits per heavy atom. The molecule has 0 N–H and O–H groups in total. The topological polar surface area (TPSA) is 0 Å². The van der Waals surface area contributed by atoms with Crippen molar-refractivity contribution in [1.82, 2.24) is 0 Å². The summed E-state index contributed by atoms with van der Waals surface area (Å²) in [5, 5.41) is 0. The molecule has 0 unspecified atom stereocenters. The highest BCUT2D eigenvalue weighted by Crippen LogP contribution is 2.19. The minimum absolute atomic E-state index is 1.00. The van der Waals surface area contributed by atoms with Crippen molar-refractivity contribution in [2.75, 3.05) is 28.2 Å². The average Bonchev–Trinajstić information content (AvgIpc) is 2.91. The SMILES string of the molecule is C[N+](C)(C)C.c1ccc(-c2ccc([B-](c3ccccc3)(c3ccccc3)c3ccccc3)cc2)cc1. The van der Waals surface area contributed by atoms with Crippen molar-refractivity contribution >= 4 is 28.0 Å². The maximum atomic E-state index is 2.31. The van der Waals surface area contributed by atoms with E-state index in [4.69, 9.17) is 0 Å². The molecule has 0 saturated carbocycles. The third-order valence-electron chi connectivity index (χ3n) is 6.42. The van der Waals surface area contributed by atoms with Gasteiger partial charge in [-0.1, -0.05) is 146 Å². The lowest BCUT2D eigenvalue weighted by Crippen LogP contribution is -2.74. The number of hydrogen-bond donors (Lipinski definition) is 0. The highest BCUT2D eigenvalue weighted by Gasteiger charge is 2.31. The highest BCUT2D eigenvalue weighted by atomic mass is 15.2. The molecule has 0 spiro atoms. The Morgan fingerprint density at radius 1 is 0.333 bits per heavy atom. The van der Waals surface area contributed by atoms with Crippen LogP contribution in [0.5, 0.6) is 0 Å². The van der Waals surface area contributed by atoms with Gasteiger partial charge >= 0.3 is 0 Å². The van der Waals surface area contributed by atoms with Gasteiger partial charge in [-0.2, -0.15) is 21.9 Å². The van der Waals surface area contributed by atoms with Crippen LogP contribution in [0.15, 0.2) is 146 Å². The molecular formula is C34H36BN. The van der Waals surface area contributed by atoms with Gasteiger partial charge in [0.1, 0.15) is 6.15 Å². The molecule has 0 amide bonds. The predicted octanol–water partition coefficient (Wildman–Crippen LogP) is 5.05. The standard InChI is InChI=1S/C30H24B.C4H12N/c1-5-13-25(14-6-1)26-21-23-30(24-22-26)31(27-15-7-2-8-16-27,28-17-9-3-10-18-28)29-19-11-4-12-20-29;1-5(2,3)4/h1-24H;1-4H3/q-1;+1. The van der Waals surface area contributed by atoms with Gasteiger partial charge in [0.15, 0.2) is 0 Å². The summed E-state index contributed by atoms with van der Waals surface area (Å²) in [4.78, 5) is 0. The Morgan fingerprint density at radius 3 is 0.917 bits per heavy atom. The molecule has 0 bridgehead atoms. The summed E-state index contributed by atoms with van der Waals surface area (Å²) in [6.07, 6.45) is -1.31. The fourth-order valence-electron chi connectivity index (χ4n) is 4.97. The van der Waals surface area contributed by atoms with Crippen molar-refractivity contribution in [2.24, 2.45) is 0 Å². The van der Waals surface area contributed by atoms with E-state index in [9.17, 15) is 0 Å². The van der Waals surface area contributed by atoms with E-state index in [0.717, 1.165) is 4.48 Å². The Kier molecular flexibility index (Phi) is 7.88. The summed E-state index contributed by atoms with van der Waals surface area (Å²) in [5.74, 6) is 0. The molecule has 0 heterocycles. The van der Waals surface area contributed by atoms with Crippen LogP contribution in [0.1, 0.15) is 0 Å². The molecule has 0 atom stereocenters. The number of rotatable bonds is 5. The zero-order valence-corrected chi connectivity index (χ0v) is 21.9. The van der Waals surface area contributed by atoms with E-state index >= 15 is 0 Å². The lowest BCUT2D eigenvalue weighted by atomic mass is 9.13. The molecule has 0 aromatic heterocycles. The fraction of sp³-hybridized carbons (Fsp3) is 0.118. The van der Waals surface area contributed by atoms with Crippen LogP contribution in [-0.2, 0) is 0 Å². The lowest BCUT2D eigenvalue weighted by molar-refractivity contribution is -0.849. The molecule has 36 heavy (non-hydrogen) atoms. The molecule has 1 nitrogen and oxygen atoms in total. The van der Waals surface area contributed by atoms with Gasteiger partial charge in [0.2, 0.25) is 0 Å². The van der Waals surface area contributed by atoms with Crippen LogP contribution in [0.3, 0.4) is 0 Å². The maximum Gasteiger partial charge on any atom is 0.108 e. The first-order chi connectivity index (χ1) is 17.4. The van der Waals surface area contributed by atoms with E-state index in [1.807, 2.05) is 0 Å². The minimum Gasteiger partial charge on any atom is -0.333 e. The van der Waals surface area contributed by atoms with Gasteiger partial charge in [0, 0.05) is 0 Å². The number of benzene rings is 5. The van der Waals surface area contributed by atoms with E-state index in [-0.39, 0.29) is 0 Å². The minimum atomic E-state index is -1.31. The van der Waals surface area contributed by atoms with E-state index in [0.29, 0.717) is 0 Å². The molecule has 2 heteroatoms. The summed E-state index contributed by atoms with van der Waals surface area (Å²) in [5.41, 5.74) is 7.78. The zero-order chi connectivity index (χ0) is 25.4. The third kappa shape index (κ3) is 5.84. The summed E-state index contributed by atoms with van der Waals surface area (Å²) in [6, 6.07) is 52.5. The van der Waals surface area contributed by atoms with Crippen LogP contribution in [0.4, 0.5) is 0 Å². The molecule has 5 aromatic carbocycles. The summed E-state index contributed by atoms with van der Waals surface area (Å²) in [7, 11) is 8.50. The van der Waals surface area contributed by atoms with E-state index < -0.39 is 6.15 Å². The summed E-state index contributed by atoms with van der Waals surface area (Å²) < 4.78 is 1.00. The van der Waals surface area contributed by atoms with Crippen LogP contribution in [-0.4, -0.2) is 38.8 Å². The molecule has 0 fully saturated rings. The van der Waals surface area contributed by atoms with Crippen LogP contribution >= 0.6 is 0 Å². The molecule has 0 aliphatic carbocycles. The Labute approximate surface area is 217 Å². The van der Waals surface area contributed by atoms with Gasteiger partial charge in [0.25, 0.3) is 0 Å². The van der Waals surface area contributed by atoms with Crippen LogP contribution in [0.25, 0.3) is 11.1 Å². The van der Waals surface area contributed by atoms with Crippen molar-refractivity contribution in [3.05, 3.63) is 146 Å².